The number of hydrogen-bond donors (Lipinski definition) is 1. The number of rotatable bonds is 2. The second-order valence-corrected chi connectivity index (χ2v) is 5.00. The fraction of sp³-hybridized carbons (Fsp3) is 0.143. The summed E-state index contributed by atoms with van der Waals surface area (Å²) in [5, 5.41) is 5.64. The van der Waals surface area contributed by atoms with Crippen molar-refractivity contribution < 1.29 is 8.42 Å². The molecule has 1 rings (SSSR count). The van der Waals surface area contributed by atoms with Crippen LogP contribution in [0.4, 0.5) is 0 Å². The highest BCUT2D eigenvalue weighted by atomic mass is 35.5. The molecule has 0 aliphatic carbocycles. The first-order chi connectivity index (χ1) is 5.88. The molecule has 2 N–H and O–H groups in total. The van der Waals surface area contributed by atoms with Gasteiger partial charge in [0.1, 0.15) is 0 Å². The van der Waals surface area contributed by atoms with Crippen molar-refractivity contribution >= 4 is 33.2 Å². The lowest BCUT2D eigenvalue weighted by atomic mass is 10.2. The summed E-state index contributed by atoms with van der Waals surface area (Å²) >= 11 is 11.4. The van der Waals surface area contributed by atoms with Gasteiger partial charge in [-0.05, 0) is 23.8 Å². The molecule has 0 unspecified atom stereocenters. The van der Waals surface area contributed by atoms with Gasteiger partial charge in [-0.25, -0.2) is 13.6 Å². The number of sulfonamides is 1. The first-order valence-electron chi connectivity index (χ1n) is 3.33. The number of benzene rings is 1. The van der Waals surface area contributed by atoms with Crippen LogP contribution in [0.2, 0.25) is 10.0 Å². The van der Waals surface area contributed by atoms with Crippen molar-refractivity contribution in [2.75, 3.05) is 0 Å². The largest absolute Gasteiger partial charge is 0.228 e. The third-order valence-corrected chi connectivity index (χ3v) is 2.68. The summed E-state index contributed by atoms with van der Waals surface area (Å²) in [5.41, 5.74) is 0.414. The topological polar surface area (TPSA) is 60.2 Å². The molecular weight excluding hydrogens is 233 g/mol. The highest BCUT2D eigenvalue weighted by Gasteiger charge is 2.08. The zero-order valence-corrected chi connectivity index (χ0v) is 8.83. The summed E-state index contributed by atoms with van der Waals surface area (Å²) in [5.74, 6) is -0.299. The third kappa shape index (κ3) is 3.52. The minimum Gasteiger partial charge on any atom is -0.228 e. The number of hydrogen-bond acceptors (Lipinski definition) is 2. The van der Waals surface area contributed by atoms with Gasteiger partial charge in [-0.3, -0.25) is 0 Å². The minimum absolute atomic E-state index is 0.299. The highest BCUT2D eigenvalue weighted by molar-refractivity contribution is 7.88. The van der Waals surface area contributed by atoms with E-state index in [1.807, 2.05) is 0 Å². The van der Waals surface area contributed by atoms with Crippen molar-refractivity contribution in [3.8, 4) is 0 Å². The van der Waals surface area contributed by atoms with Crippen molar-refractivity contribution in [2.24, 2.45) is 5.14 Å². The second-order valence-electron chi connectivity index (χ2n) is 2.54. The molecule has 0 saturated heterocycles. The lowest BCUT2D eigenvalue weighted by molar-refractivity contribution is 0.597. The Kier molecular flexibility index (Phi) is 3.18. The van der Waals surface area contributed by atoms with Crippen LogP contribution >= 0.6 is 23.2 Å². The van der Waals surface area contributed by atoms with E-state index in [2.05, 4.69) is 0 Å². The molecule has 0 spiro atoms. The van der Waals surface area contributed by atoms with Gasteiger partial charge in [0.25, 0.3) is 0 Å². The summed E-state index contributed by atoms with van der Waals surface area (Å²) in [6.45, 7) is 0. The number of nitrogens with two attached hydrogens (primary N) is 1. The maximum Gasteiger partial charge on any atom is 0.213 e. The molecule has 0 bridgehead atoms. The van der Waals surface area contributed by atoms with E-state index in [0.29, 0.717) is 15.6 Å². The van der Waals surface area contributed by atoms with E-state index in [1.165, 1.54) is 12.1 Å². The molecule has 72 valence electrons. The van der Waals surface area contributed by atoms with Crippen LogP contribution in [0.25, 0.3) is 0 Å². The van der Waals surface area contributed by atoms with Crippen LogP contribution in [0.15, 0.2) is 18.2 Å². The van der Waals surface area contributed by atoms with Crippen molar-refractivity contribution in [3.05, 3.63) is 33.8 Å². The molecule has 0 saturated carbocycles. The second kappa shape index (κ2) is 3.84. The average molecular weight is 240 g/mol. The Morgan fingerprint density at radius 1 is 1.31 bits per heavy atom. The van der Waals surface area contributed by atoms with Gasteiger partial charge in [0.2, 0.25) is 10.0 Å². The zero-order chi connectivity index (χ0) is 10.1. The minimum atomic E-state index is -3.56. The molecule has 0 atom stereocenters. The van der Waals surface area contributed by atoms with Crippen molar-refractivity contribution in [3.63, 3.8) is 0 Å². The van der Waals surface area contributed by atoms with Gasteiger partial charge in [-0.2, -0.15) is 0 Å². The van der Waals surface area contributed by atoms with Gasteiger partial charge in [-0.15, -0.1) is 0 Å². The predicted molar refractivity (Wildman–Crippen MR) is 53.3 cm³/mol. The van der Waals surface area contributed by atoms with E-state index in [4.69, 9.17) is 28.3 Å². The highest BCUT2D eigenvalue weighted by Crippen LogP contribution is 2.21. The van der Waals surface area contributed by atoms with Gasteiger partial charge in [-0.1, -0.05) is 23.2 Å². The Balaban J connectivity index is 3.08. The summed E-state index contributed by atoms with van der Waals surface area (Å²) in [4.78, 5) is 0. The van der Waals surface area contributed by atoms with Crippen molar-refractivity contribution in [1.29, 1.82) is 0 Å². The van der Waals surface area contributed by atoms with E-state index < -0.39 is 10.0 Å². The first-order valence-corrected chi connectivity index (χ1v) is 5.80. The maximum atomic E-state index is 10.7. The molecule has 0 amide bonds. The molecule has 6 heteroatoms. The van der Waals surface area contributed by atoms with Crippen LogP contribution in [0.3, 0.4) is 0 Å². The average Bonchev–Trinajstić information content (AvgIpc) is 1.94. The lowest BCUT2D eigenvalue weighted by Crippen LogP contribution is -2.14. The number of primary sulfonamides is 1. The molecule has 0 aliphatic heterocycles. The molecule has 0 aliphatic rings. The number of halogens is 2. The Bertz CT molecular complexity index is 417. The van der Waals surface area contributed by atoms with Crippen LogP contribution in [-0.2, 0) is 15.8 Å². The van der Waals surface area contributed by atoms with E-state index >= 15 is 0 Å². The van der Waals surface area contributed by atoms with E-state index in [0.717, 1.165) is 0 Å². The fourth-order valence-corrected chi connectivity index (χ4v) is 2.00. The van der Waals surface area contributed by atoms with Crippen molar-refractivity contribution in [2.45, 2.75) is 5.75 Å². The summed E-state index contributed by atoms with van der Waals surface area (Å²) in [6.07, 6.45) is 0. The lowest BCUT2D eigenvalue weighted by Gasteiger charge is -2.02. The molecule has 0 heterocycles. The molecule has 0 aromatic heterocycles. The van der Waals surface area contributed by atoms with E-state index in [9.17, 15) is 8.42 Å². The van der Waals surface area contributed by atoms with E-state index in [-0.39, 0.29) is 5.75 Å². The van der Waals surface area contributed by atoms with Crippen LogP contribution in [-0.4, -0.2) is 8.42 Å². The SMILES string of the molecule is NS(=O)(=O)Cc1cc(Cl)ccc1Cl. The maximum absolute atomic E-state index is 10.7. The summed E-state index contributed by atoms with van der Waals surface area (Å²) in [6, 6.07) is 4.59. The van der Waals surface area contributed by atoms with Crippen LogP contribution in [0.1, 0.15) is 5.56 Å². The van der Waals surface area contributed by atoms with Crippen LogP contribution < -0.4 is 5.14 Å². The van der Waals surface area contributed by atoms with E-state index in [1.54, 1.807) is 6.07 Å². The van der Waals surface area contributed by atoms with Gasteiger partial charge in [0.05, 0.1) is 5.75 Å². The Hall–Kier alpha value is -0.290. The van der Waals surface area contributed by atoms with Gasteiger partial charge < -0.3 is 0 Å². The Morgan fingerprint density at radius 3 is 2.46 bits per heavy atom. The molecule has 0 fully saturated rings. The smallest absolute Gasteiger partial charge is 0.213 e. The first kappa shape index (κ1) is 10.8. The Labute approximate surface area is 86.5 Å². The molecular formula is C7H7Cl2NO2S. The zero-order valence-electron chi connectivity index (χ0n) is 6.50. The molecule has 1 aromatic carbocycles. The quantitative estimate of drug-likeness (QED) is 0.856. The Morgan fingerprint density at radius 2 is 1.92 bits per heavy atom. The van der Waals surface area contributed by atoms with Gasteiger partial charge in [0.15, 0.2) is 0 Å². The summed E-state index contributed by atoms with van der Waals surface area (Å²) < 4.78 is 21.5. The van der Waals surface area contributed by atoms with Gasteiger partial charge >= 0.3 is 0 Å². The third-order valence-electron chi connectivity index (χ3n) is 1.36. The summed E-state index contributed by atoms with van der Waals surface area (Å²) in [7, 11) is -3.56. The normalized spacial score (nSPS) is 11.6. The van der Waals surface area contributed by atoms with Crippen LogP contribution in [0.5, 0.6) is 0 Å². The molecule has 3 nitrogen and oxygen atoms in total. The fourth-order valence-electron chi connectivity index (χ4n) is 0.871. The molecule has 0 radical (unpaired) electrons. The molecule has 1 aromatic rings. The molecule has 13 heavy (non-hydrogen) atoms. The van der Waals surface area contributed by atoms with Crippen LogP contribution in [0, 0.1) is 0 Å². The predicted octanol–water partition coefficient (Wildman–Crippen LogP) is 1.78. The monoisotopic (exact) mass is 239 g/mol. The van der Waals surface area contributed by atoms with Gasteiger partial charge in [0, 0.05) is 10.0 Å². The van der Waals surface area contributed by atoms with Crippen molar-refractivity contribution in [1.82, 2.24) is 0 Å². The standard InChI is InChI=1S/C7H7Cl2NO2S/c8-6-1-2-7(9)5(3-6)4-13(10,11)12/h1-3H,4H2,(H2,10,11,12).